The number of rotatable bonds is 6. The first-order valence-corrected chi connectivity index (χ1v) is 7.08. The average Bonchev–Trinajstić information content (AvgIpc) is 3.01. The molecular formula is C13H15N7O3S. The molecule has 0 aliphatic rings. The van der Waals surface area contributed by atoms with Crippen LogP contribution in [-0.2, 0) is 6.54 Å². The molecule has 4 N–H and O–H groups in total. The molecule has 0 fully saturated rings. The van der Waals surface area contributed by atoms with Gasteiger partial charge in [0.05, 0.1) is 18.2 Å². The quantitative estimate of drug-likeness (QED) is 0.226. The topological polar surface area (TPSA) is 133 Å². The Hall–Kier alpha value is -3.05. The molecule has 0 unspecified atom stereocenters. The Balaban J connectivity index is 2.18. The summed E-state index contributed by atoms with van der Waals surface area (Å²) in [6, 6.07) is 4.77. The Kier molecular flexibility index (Phi) is 5.76. The number of hydrogen-bond acceptors (Lipinski definition) is 7. The van der Waals surface area contributed by atoms with E-state index in [9.17, 15) is 10.1 Å². The summed E-state index contributed by atoms with van der Waals surface area (Å²) in [5.41, 5.74) is 5.37. The van der Waals surface area contributed by atoms with E-state index in [1.165, 1.54) is 19.4 Å². The number of ether oxygens (including phenoxy) is 1. The van der Waals surface area contributed by atoms with Gasteiger partial charge in [0.2, 0.25) is 5.11 Å². The molecular weight excluding hydrogens is 334 g/mol. The van der Waals surface area contributed by atoms with E-state index in [0.717, 1.165) is 5.56 Å². The minimum absolute atomic E-state index is 0.0913. The number of nitrogens with two attached hydrogens (primary N) is 1. The minimum Gasteiger partial charge on any atom is -0.490 e. The second kappa shape index (κ2) is 7.99. The third kappa shape index (κ3) is 4.24. The average molecular weight is 349 g/mol. The van der Waals surface area contributed by atoms with Gasteiger partial charge in [0.15, 0.2) is 11.6 Å². The first kappa shape index (κ1) is 17.3. The molecule has 24 heavy (non-hydrogen) atoms. The number of hydrazine groups is 1. The van der Waals surface area contributed by atoms with Crippen LogP contribution in [0.15, 0.2) is 35.7 Å². The van der Waals surface area contributed by atoms with Gasteiger partial charge in [-0.25, -0.2) is 10.8 Å². The zero-order chi connectivity index (χ0) is 17.5. The van der Waals surface area contributed by atoms with E-state index in [2.05, 4.69) is 20.9 Å². The molecule has 0 spiro atoms. The van der Waals surface area contributed by atoms with Gasteiger partial charge in [-0.1, -0.05) is 6.07 Å². The number of imidazole rings is 1. The number of nitro benzene ring substituents is 1. The number of hydrogen-bond donors (Lipinski definition) is 3. The second-order valence-electron chi connectivity index (χ2n) is 4.52. The Bertz CT molecular complexity index is 775. The molecule has 10 nitrogen and oxygen atoms in total. The van der Waals surface area contributed by atoms with Gasteiger partial charge in [-0.2, -0.15) is 5.10 Å². The number of aromatic nitrogens is 2. The van der Waals surface area contributed by atoms with Gasteiger partial charge in [-0.15, -0.1) is 0 Å². The summed E-state index contributed by atoms with van der Waals surface area (Å²) >= 11 is 4.79. The molecule has 2 rings (SSSR count). The predicted molar refractivity (Wildman–Crippen MR) is 91.6 cm³/mol. The Morgan fingerprint density at radius 1 is 1.62 bits per heavy atom. The molecule has 2 aromatic rings. The van der Waals surface area contributed by atoms with Gasteiger partial charge in [-0.05, 0) is 23.8 Å². The number of nitrogens with zero attached hydrogens (tertiary/aromatic N) is 4. The first-order chi connectivity index (χ1) is 11.5. The number of methoxy groups -OCH3 is 1. The van der Waals surface area contributed by atoms with Crippen LogP contribution in [0.2, 0.25) is 0 Å². The normalized spacial score (nSPS) is 10.6. The van der Waals surface area contributed by atoms with Crippen LogP contribution in [0.5, 0.6) is 5.75 Å². The largest absolute Gasteiger partial charge is 0.490 e. The highest BCUT2D eigenvalue weighted by molar-refractivity contribution is 7.80. The van der Waals surface area contributed by atoms with Gasteiger partial charge in [0.25, 0.3) is 0 Å². The van der Waals surface area contributed by atoms with Crippen molar-refractivity contribution in [3.05, 3.63) is 52.1 Å². The van der Waals surface area contributed by atoms with Crippen molar-refractivity contribution in [2.24, 2.45) is 10.9 Å². The van der Waals surface area contributed by atoms with Crippen molar-refractivity contribution < 1.29 is 9.66 Å². The molecule has 0 saturated carbocycles. The fraction of sp³-hybridized carbons (Fsp3) is 0.154. The number of benzene rings is 1. The van der Waals surface area contributed by atoms with Crippen LogP contribution in [-0.4, -0.2) is 32.9 Å². The maximum atomic E-state index is 11.1. The fourth-order valence-electron chi connectivity index (χ4n) is 1.94. The predicted octanol–water partition coefficient (Wildman–Crippen LogP) is 0.520. The zero-order valence-electron chi connectivity index (χ0n) is 12.7. The summed E-state index contributed by atoms with van der Waals surface area (Å²) in [6.45, 7) is 0.381. The third-order valence-corrected chi connectivity index (χ3v) is 3.23. The van der Waals surface area contributed by atoms with Gasteiger partial charge in [0.1, 0.15) is 0 Å². The lowest BCUT2D eigenvalue weighted by Crippen LogP contribution is -2.37. The van der Waals surface area contributed by atoms with Crippen molar-refractivity contribution in [3.63, 3.8) is 0 Å². The van der Waals surface area contributed by atoms with E-state index >= 15 is 0 Å². The SMILES string of the molecule is COc1ccc(Cn2ccnc2/C=N/NC(=S)NN)cc1[N+](=O)[O-]. The molecule has 11 heteroatoms. The lowest BCUT2D eigenvalue weighted by atomic mass is 10.2. The smallest absolute Gasteiger partial charge is 0.311 e. The van der Waals surface area contributed by atoms with Crippen molar-refractivity contribution in [1.82, 2.24) is 20.4 Å². The molecule has 0 radical (unpaired) electrons. The van der Waals surface area contributed by atoms with E-state index < -0.39 is 4.92 Å². The molecule has 1 aromatic carbocycles. The lowest BCUT2D eigenvalue weighted by molar-refractivity contribution is -0.385. The van der Waals surface area contributed by atoms with E-state index in [0.29, 0.717) is 12.4 Å². The third-order valence-electron chi connectivity index (χ3n) is 3.02. The molecule has 1 aromatic heterocycles. The summed E-state index contributed by atoms with van der Waals surface area (Å²) in [7, 11) is 1.39. The second-order valence-corrected chi connectivity index (χ2v) is 4.93. The van der Waals surface area contributed by atoms with Crippen LogP contribution in [0, 0.1) is 10.1 Å². The van der Waals surface area contributed by atoms with Crippen molar-refractivity contribution in [2.75, 3.05) is 7.11 Å². The summed E-state index contributed by atoms with van der Waals surface area (Å²) in [4.78, 5) is 14.7. The highest BCUT2D eigenvalue weighted by Crippen LogP contribution is 2.27. The van der Waals surface area contributed by atoms with Gasteiger partial charge >= 0.3 is 5.69 Å². The van der Waals surface area contributed by atoms with Crippen LogP contribution in [0.4, 0.5) is 5.69 Å². The standard InChI is InChI=1S/C13H15N7O3S/c1-23-11-3-2-9(6-10(11)20(21)22)8-19-5-4-15-12(19)7-16-18-13(24)17-14/h2-7H,8,14H2,1H3,(H2,17,18,24)/b16-7+. The van der Waals surface area contributed by atoms with Crippen LogP contribution < -0.4 is 21.4 Å². The Labute approximate surface area is 142 Å². The Morgan fingerprint density at radius 3 is 3.08 bits per heavy atom. The van der Waals surface area contributed by atoms with Crippen LogP contribution in [0.1, 0.15) is 11.4 Å². The number of hydrazone groups is 1. The molecule has 0 aliphatic heterocycles. The summed E-state index contributed by atoms with van der Waals surface area (Å²) in [5, 5.41) is 15.1. The minimum atomic E-state index is -0.483. The van der Waals surface area contributed by atoms with Gasteiger partial charge in [0, 0.05) is 25.0 Å². The lowest BCUT2D eigenvalue weighted by Gasteiger charge is -2.07. The number of nitro groups is 1. The molecule has 1 heterocycles. The van der Waals surface area contributed by atoms with Crippen molar-refractivity contribution >= 4 is 29.2 Å². The first-order valence-electron chi connectivity index (χ1n) is 6.67. The maximum absolute atomic E-state index is 11.1. The molecule has 0 amide bonds. The van der Waals surface area contributed by atoms with E-state index in [1.807, 2.05) is 0 Å². The summed E-state index contributed by atoms with van der Waals surface area (Å²) in [5.74, 6) is 5.87. The van der Waals surface area contributed by atoms with E-state index in [-0.39, 0.29) is 16.5 Å². The Morgan fingerprint density at radius 2 is 2.42 bits per heavy atom. The van der Waals surface area contributed by atoms with Gasteiger partial charge < -0.3 is 9.30 Å². The maximum Gasteiger partial charge on any atom is 0.311 e. The van der Waals surface area contributed by atoms with Gasteiger partial charge in [-0.3, -0.25) is 21.0 Å². The summed E-state index contributed by atoms with van der Waals surface area (Å²) in [6.07, 6.45) is 4.79. The monoisotopic (exact) mass is 349 g/mol. The zero-order valence-corrected chi connectivity index (χ0v) is 13.5. The number of thiocarbonyl (C=S) groups is 1. The molecule has 0 saturated heterocycles. The molecule has 0 aliphatic carbocycles. The summed E-state index contributed by atoms with van der Waals surface area (Å²) < 4.78 is 6.76. The van der Waals surface area contributed by atoms with Crippen molar-refractivity contribution in [3.8, 4) is 5.75 Å². The molecule has 126 valence electrons. The van der Waals surface area contributed by atoms with E-state index in [4.69, 9.17) is 22.8 Å². The number of nitrogens with one attached hydrogen (secondary N) is 2. The highest BCUT2D eigenvalue weighted by Gasteiger charge is 2.15. The molecule has 0 bridgehead atoms. The van der Waals surface area contributed by atoms with Crippen LogP contribution in [0.3, 0.4) is 0 Å². The highest BCUT2D eigenvalue weighted by atomic mass is 32.1. The van der Waals surface area contributed by atoms with E-state index in [1.54, 1.807) is 29.1 Å². The van der Waals surface area contributed by atoms with Crippen LogP contribution >= 0.6 is 12.2 Å². The van der Waals surface area contributed by atoms with Crippen molar-refractivity contribution in [2.45, 2.75) is 6.54 Å². The van der Waals surface area contributed by atoms with Crippen LogP contribution in [0.25, 0.3) is 0 Å². The molecule has 0 atom stereocenters. The van der Waals surface area contributed by atoms with Crippen molar-refractivity contribution in [1.29, 1.82) is 0 Å². The fourth-order valence-corrected chi connectivity index (χ4v) is 1.99.